The highest BCUT2D eigenvalue weighted by molar-refractivity contribution is 8.26. The van der Waals surface area contributed by atoms with E-state index in [-0.39, 0.29) is 5.91 Å². The van der Waals surface area contributed by atoms with Gasteiger partial charge in [0.2, 0.25) is 0 Å². The van der Waals surface area contributed by atoms with Gasteiger partial charge in [0.25, 0.3) is 5.91 Å². The maximum atomic E-state index is 12.8. The molecule has 154 valence electrons. The van der Waals surface area contributed by atoms with E-state index in [9.17, 15) is 4.79 Å². The molecule has 0 saturated carbocycles. The number of piperazine rings is 1. The average molecular weight is 456 g/mol. The number of hydrogen-bond acceptors (Lipinski definition) is 5. The standard InChI is InChI=1S/C23H22ClN3OS2/c24-19-9-11-20(12-10-19)26-15-13-25(14-16-26)17-27-22(28)21(30-23(27)29)8-4-7-18-5-2-1-3-6-18/h1-12H,13-17H2/b7-4+,21-8+. The zero-order valence-electron chi connectivity index (χ0n) is 16.4. The summed E-state index contributed by atoms with van der Waals surface area (Å²) >= 11 is 12.8. The van der Waals surface area contributed by atoms with Crippen LogP contribution >= 0.6 is 35.6 Å². The van der Waals surface area contributed by atoms with Crippen LogP contribution < -0.4 is 4.90 Å². The van der Waals surface area contributed by atoms with Gasteiger partial charge in [-0.05, 0) is 35.9 Å². The molecule has 0 radical (unpaired) electrons. The summed E-state index contributed by atoms with van der Waals surface area (Å²) in [5, 5.41) is 0.749. The minimum atomic E-state index is -0.0113. The van der Waals surface area contributed by atoms with Crippen LogP contribution in [0.25, 0.3) is 6.08 Å². The molecule has 2 aromatic carbocycles. The number of amides is 1. The number of benzene rings is 2. The Balaban J connectivity index is 1.32. The van der Waals surface area contributed by atoms with Crippen LogP contribution in [0.5, 0.6) is 0 Å². The smallest absolute Gasteiger partial charge is 0.267 e. The number of allylic oxidation sites excluding steroid dienone is 2. The van der Waals surface area contributed by atoms with Gasteiger partial charge in [0.05, 0.1) is 11.6 Å². The molecule has 0 unspecified atom stereocenters. The summed E-state index contributed by atoms with van der Waals surface area (Å²) in [4.78, 5) is 19.8. The molecular weight excluding hydrogens is 434 g/mol. The van der Waals surface area contributed by atoms with Gasteiger partial charge in [-0.1, -0.05) is 78.1 Å². The predicted molar refractivity (Wildman–Crippen MR) is 131 cm³/mol. The zero-order chi connectivity index (χ0) is 20.9. The van der Waals surface area contributed by atoms with Crippen molar-refractivity contribution in [3.63, 3.8) is 0 Å². The van der Waals surface area contributed by atoms with Gasteiger partial charge in [0, 0.05) is 36.9 Å². The van der Waals surface area contributed by atoms with Crippen molar-refractivity contribution in [2.45, 2.75) is 0 Å². The maximum absolute atomic E-state index is 12.8. The minimum absolute atomic E-state index is 0.0113. The van der Waals surface area contributed by atoms with Gasteiger partial charge < -0.3 is 4.90 Å². The highest BCUT2D eigenvalue weighted by Gasteiger charge is 2.33. The first-order chi connectivity index (χ1) is 14.6. The molecule has 0 aliphatic carbocycles. The van der Waals surface area contributed by atoms with Crippen LogP contribution in [0.15, 0.2) is 71.7 Å². The number of anilines is 1. The quantitative estimate of drug-likeness (QED) is 0.473. The fraction of sp³-hybridized carbons (Fsp3) is 0.217. The normalized spacial score (nSPS) is 19.4. The van der Waals surface area contributed by atoms with Crippen molar-refractivity contribution in [3.8, 4) is 0 Å². The first kappa shape index (κ1) is 21.1. The Bertz CT molecular complexity index is 968. The number of thiocarbonyl (C=S) groups is 1. The summed E-state index contributed by atoms with van der Waals surface area (Å²) < 4.78 is 0.625. The van der Waals surface area contributed by atoms with Gasteiger partial charge in [-0.2, -0.15) is 0 Å². The molecule has 0 atom stereocenters. The second kappa shape index (κ2) is 9.79. The molecule has 2 aliphatic heterocycles. The Morgan fingerprint density at radius 3 is 2.40 bits per heavy atom. The van der Waals surface area contributed by atoms with Gasteiger partial charge in [-0.3, -0.25) is 14.6 Å². The van der Waals surface area contributed by atoms with Gasteiger partial charge in [0.1, 0.15) is 4.32 Å². The highest BCUT2D eigenvalue weighted by atomic mass is 35.5. The topological polar surface area (TPSA) is 26.8 Å². The summed E-state index contributed by atoms with van der Waals surface area (Å²) in [6.45, 7) is 4.12. The number of hydrogen-bond donors (Lipinski definition) is 0. The summed E-state index contributed by atoms with van der Waals surface area (Å²) in [6.07, 6.45) is 5.75. The van der Waals surface area contributed by atoms with Gasteiger partial charge in [-0.15, -0.1) is 0 Å². The van der Waals surface area contributed by atoms with Crippen LogP contribution in [0, 0.1) is 0 Å². The number of rotatable bonds is 5. The fourth-order valence-corrected chi connectivity index (χ4v) is 4.77. The van der Waals surface area contributed by atoms with E-state index in [1.165, 1.54) is 17.4 Å². The van der Waals surface area contributed by atoms with Crippen LogP contribution in [0.2, 0.25) is 5.02 Å². The Kier molecular flexibility index (Phi) is 6.89. The largest absolute Gasteiger partial charge is 0.369 e. The molecule has 2 saturated heterocycles. The molecule has 0 bridgehead atoms. The van der Waals surface area contributed by atoms with E-state index in [2.05, 4.69) is 9.80 Å². The molecule has 2 heterocycles. The molecule has 0 N–H and O–H groups in total. The molecule has 0 spiro atoms. The maximum Gasteiger partial charge on any atom is 0.267 e. The molecule has 2 aliphatic rings. The highest BCUT2D eigenvalue weighted by Crippen LogP contribution is 2.31. The number of carbonyl (C=O) groups is 1. The van der Waals surface area contributed by atoms with E-state index in [0.29, 0.717) is 15.9 Å². The van der Waals surface area contributed by atoms with Gasteiger partial charge in [0.15, 0.2) is 0 Å². The van der Waals surface area contributed by atoms with Gasteiger partial charge in [-0.25, -0.2) is 0 Å². The number of thioether (sulfide) groups is 1. The van der Waals surface area contributed by atoms with Crippen LogP contribution in [-0.4, -0.2) is 52.9 Å². The van der Waals surface area contributed by atoms with E-state index >= 15 is 0 Å². The average Bonchev–Trinajstić information content (AvgIpc) is 3.03. The lowest BCUT2D eigenvalue weighted by atomic mass is 10.2. The Labute approximate surface area is 191 Å². The van der Waals surface area contributed by atoms with E-state index in [1.54, 1.807) is 4.90 Å². The van der Waals surface area contributed by atoms with Crippen molar-refractivity contribution < 1.29 is 4.79 Å². The second-order valence-electron chi connectivity index (χ2n) is 7.12. The van der Waals surface area contributed by atoms with E-state index in [1.807, 2.05) is 72.8 Å². The first-order valence-electron chi connectivity index (χ1n) is 9.80. The molecule has 4 nitrogen and oxygen atoms in total. The number of carbonyl (C=O) groups excluding carboxylic acids is 1. The van der Waals surface area contributed by atoms with Crippen LogP contribution in [0.1, 0.15) is 5.56 Å². The summed E-state index contributed by atoms with van der Waals surface area (Å²) in [7, 11) is 0. The van der Waals surface area contributed by atoms with Crippen LogP contribution in [-0.2, 0) is 4.79 Å². The van der Waals surface area contributed by atoms with E-state index in [4.69, 9.17) is 23.8 Å². The third-order valence-electron chi connectivity index (χ3n) is 5.11. The SMILES string of the molecule is O=C1/C(=C\C=C\c2ccccc2)SC(=S)N1CN1CCN(c2ccc(Cl)cc2)CC1. The molecule has 30 heavy (non-hydrogen) atoms. The Morgan fingerprint density at radius 1 is 1.00 bits per heavy atom. The van der Waals surface area contributed by atoms with Crippen molar-refractivity contribution in [1.29, 1.82) is 0 Å². The summed E-state index contributed by atoms with van der Waals surface area (Å²) in [6, 6.07) is 18.0. The van der Waals surface area contributed by atoms with Gasteiger partial charge >= 0.3 is 0 Å². The summed E-state index contributed by atoms with van der Waals surface area (Å²) in [5.41, 5.74) is 2.28. The lowest BCUT2D eigenvalue weighted by Crippen LogP contribution is -2.50. The van der Waals surface area contributed by atoms with Crippen molar-refractivity contribution in [3.05, 3.63) is 82.2 Å². The second-order valence-corrected chi connectivity index (χ2v) is 9.24. The molecule has 4 rings (SSSR count). The first-order valence-corrected chi connectivity index (χ1v) is 11.4. The monoisotopic (exact) mass is 455 g/mol. The molecule has 7 heteroatoms. The van der Waals surface area contributed by atoms with Crippen LogP contribution in [0.3, 0.4) is 0 Å². The Morgan fingerprint density at radius 2 is 1.70 bits per heavy atom. The third-order valence-corrected chi connectivity index (χ3v) is 6.76. The minimum Gasteiger partial charge on any atom is -0.369 e. The van der Waals surface area contributed by atoms with E-state index < -0.39 is 0 Å². The van der Waals surface area contributed by atoms with Crippen molar-refractivity contribution in [2.24, 2.45) is 0 Å². The molecular formula is C23H22ClN3OS2. The predicted octanol–water partition coefficient (Wildman–Crippen LogP) is 4.88. The Hall–Kier alpha value is -2.12. The summed E-state index contributed by atoms with van der Waals surface area (Å²) in [5.74, 6) is -0.0113. The van der Waals surface area contributed by atoms with Crippen molar-refractivity contribution >= 4 is 57.6 Å². The molecule has 2 aromatic rings. The molecule has 2 fully saturated rings. The fourth-order valence-electron chi connectivity index (χ4n) is 3.45. The zero-order valence-corrected chi connectivity index (χ0v) is 18.8. The number of nitrogens with zero attached hydrogens (tertiary/aromatic N) is 3. The van der Waals surface area contributed by atoms with E-state index in [0.717, 1.165) is 36.8 Å². The lowest BCUT2D eigenvalue weighted by Gasteiger charge is -2.37. The number of halogens is 1. The molecule has 1 amide bonds. The van der Waals surface area contributed by atoms with Crippen molar-refractivity contribution in [2.75, 3.05) is 37.7 Å². The van der Waals surface area contributed by atoms with Crippen LogP contribution in [0.4, 0.5) is 5.69 Å². The third kappa shape index (κ3) is 5.13. The van der Waals surface area contributed by atoms with Crippen molar-refractivity contribution in [1.82, 2.24) is 9.80 Å². The lowest BCUT2D eigenvalue weighted by molar-refractivity contribution is -0.123. The molecule has 0 aromatic heterocycles.